The first-order valence-electron chi connectivity index (χ1n) is 5.73. The summed E-state index contributed by atoms with van der Waals surface area (Å²) >= 11 is 0. The van der Waals surface area contributed by atoms with Gasteiger partial charge >= 0.3 is 0 Å². The molecule has 2 rings (SSSR count). The molecule has 0 saturated carbocycles. The zero-order valence-corrected chi connectivity index (χ0v) is 10.2. The van der Waals surface area contributed by atoms with Crippen molar-refractivity contribution in [2.75, 3.05) is 6.54 Å². The topological polar surface area (TPSA) is 141 Å². The van der Waals surface area contributed by atoms with Crippen LogP contribution in [0.1, 0.15) is 5.56 Å². The molecule has 0 radical (unpaired) electrons. The molecule has 0 amide bonds. The number of nitrogens with zero attached hydrogens (tertiary/aromatic N) is 2. The van der Waals surface area contributed by atoms with Gasteiger partial charge in [0.2, 0.25) is 5.96 Å². The van der Waals surface area contributed by atoms with E-state index in [9.17, 15) is 10.2 Å². The number of para-hydroxylation sites is 1. The number of nitrogens with one attached hydrogen (secondary N) is 2. The van der Waals surface area contributed by atoms with Gasteiger partial charge in [0.05, 0.1) is 0 Å². The van der Waals surface area contributed by atoms with Crippen molar-refractivity contribution in [1.82, 2.24) is 10.6 Å². The lowest BCUT2D eigenvalue weighted by Crippen LogP contribution is -2.49. The van der Waals surface area contributed by atoms with Crippen LogP contribution in [-0.4, -0.2) is 35.0 Å². The van der Waals surface area contributed by atoms with Crippen molar-refractivity contribution in [2.24, 2.45) is 21.5 Å². The molecular weight excluding hydrogens is 248 g/mol. The van der Waals surface area contributed by atoms with Crippen LogP contribution in [0.4, 0.5) is 0 Å². The predicted octanol–water partition coefficient (Wildman–Crippen LogP) is -1.25. The summed E-state index contributed by atoms with van der Waals surface area (Å²) in [5, 5.41) is 24.7. The van der Waals surface area contributed by atoms with E-state index in [0.29, 0.717) is 24.5 Å². The van der Waals surface area contributed by atoms with Crippen molar-refractivity contribution in [1.29, 1.82) is 0 Å². The molecular formula is C11H16N6O2. The minimum Gasteiger partial charge on any atom is -0.504 e. The van der Waals surface area contributed by atoms with Crippen LogP contribution in [0.2, 0.25) is 0 Å². The maximum atomic E-state index is 9.64. The standard InChI is InChI=1S/C11H16N6O2/c12-9-15-10(13)17-11(16-9)14-5-4-6-2-1-3-7(18)8(6)19/h1-3,9,18-19H,4-5,12H2,(H4,13,14,15,16,17). The second-order valence-corrected chi connectivity index (χ2v) is 3.99. The fourth-order valence-corrected chi connectivity index (χ4v) is 1.67. The molecule has 8 N–H and O–H groups in total. The maximum Gasteiger partial charge on any atom is 0.201 e. The minimum atomic E-state index is -0.710. The molecule has 8 nitrogen and oxygen atoms in total. The number of aliphatic imine (C=N–C) groups is 2. The molecule has 1 aliphatic heterocycles. The van der Waals surface area contributed by atoms with Crippen molar-refractivity contribution < 1.29 is 10.2 Å². The molecule has 0 aliphatic carbocycles. The number of phenolic OH excluding ortho intramolecular Hbond substituents is 2. The van der Waals surface area contributed by atoms with Crippen molar-refractivity contribution in [3.8, 4) is 11.5 Å². The normalized spacial score (nSPS) is 18.3. The molecule has 8 heteroatoms. The molecule has 1 aliphatic rings. The third kappa shape index (κ3) is 3.26. The van der Waals surface area contributed by atoms with Crippen LogP contribution in [0, 0.1) is 0 Å². The van der Waals surface area contributed by atoms with Gasteiger partial charge in [0.1, 0.15) is 0 Å². The Bertz CT molecular complexity index is 528. The van der Waals surface area contributed by atoms with Gasteiger partial charge in [0, 0.05) is 6.54 Å². The summed E-state index contributed by atoms with van der Waals surface area (Å²) in [4.78, 5) is 7.78. The highest BCUT2D eigenvalue weighted by atomic mass is 16.3. The van der Waals surface area contributed by atoms with Gasteiger partial charge in [-0.1, -0.05) is 12.1 Å². The van der Waals surface area contributed by atoms with Crippen molar-refractivity contribution in [3.05, 3.63) is 23.8 Å². The van der Waals surface area contributed by atoms with E-state index in [1.807, 2.05) is 0 Å². The molecule has 19 heavy (non-hydrogen) atoms. The predicted molar refractivity (Wildman–Crippen MR) is 71.6 cm³/mol. The smallest absolute Gasteiger partial charge is 0.201 e. The molecule has 102 valence electrons. The Morgan fingerprint density at radius 3 is 2.84 bits per heavy atom. The summed E-state index contributed by atoms with van der Waals surface area (Å²) in [6.07, 6.45) is -0.203. The highest BCUT2D eigenvalue weighted by Crippen LogP contribution is 2.28. The van der Waals surface area contributed by atoms with Crippen LogP contribution in [0.3, 0.4) is 0 Å². The Labute approximate surface area is 109 Å². The van der Waals surface area contributed by atoms with Crippen LogP contribution in [0.25, 0.3) is 0 Å². The molecule has 0 bridgehead atoms. The first-order valence-corrected chi connectivity index (χ1v) is 5.73. The molecule has 0 fully saturated rings. The number of benzene rings is 1. The number of aromatic hydroxyl groups is 2. The van der Waals surface area contributed by atoms with Crippen LogP contribution in [0.15, 0.2) is 28.2 Å². The largest absolute Gasteiger partial charge is 0.504 e. The fourth-order valence-electron chi connectivity index (χ4n) is 1.67. The van der Waals surface area contributed by atoms with E-state index in [1.54, 1.807) is 12.1 Å². The molecule has 1 atom stereocenters. The van der Waals surface area contributed by atoms with Crippen LogP contribution >= 0.6 is 0 Å². The molecule has 1 aromatic rings. The minimum absolute atomic E-state index is 0.111. The molecule has 0 spiro atoms. The monoisotopic (exact) mass is 264 g/mol. The highest BCUT2D eigenvalue weighted by Gasteiger charge is 2.11. The number of hydrogen-bond acceptors (Lipinski definition) is 8. The van der Waals surface area contributed by atoms with E-state index in [-0.39, 0.29) is 17.5 Å². The number of phenols is 2. The average molecular weight is 264 g/mol. The van der Waals surface area contributed by atoms with Gasteiger partial charge in [0.15, 0.2) is 23.7 Å². The van der Waals surface area contributed by atoms with Crippen LogP contribution in [0.5, 0.6) is 11.5 Å². The number of guanidine groups is 2. The zero-order chi connectivity index (χ0) is 13.8. The fraction of sp³-hybridized carbons (Fsp3) is 0.273. The SMILES string of the molecule is NC1=NC(N)N=C(NCCc2cccc(O)c2O)N1. The molecule has 0 aromatic heterocycles. The summed E-state index contributed by atoms with van der Waals surface area (Å²) in [6.45, 7) is 0.489. The van der Waals surface area contributed by atoms with Gasteiger partial charge in [-0.25, -0.2) is 9.98 Å². The zero-order valence-electron chi connectivity index (χ0n) is 10.2. The Hall–Kier alpha value is -2.48. The Morgan fingerprint density at radius 1 is 1.32 bits per heavy atom. The Kier molecular flexibility index (Phi) is 3.71. The van der Waals surface area contributed by atoms with E-state index in [1.165, 1.54) is 6.07 Å². The van der Waals surface area contributed by atoms with E-state index in [0.717, 1.165) is 0 Å². The highest BCUT2D eigenvalue weighted by molar-refractivity contribution is 5.99. The third-order valence-electron chi connectivity index (χ3n) is 2.56. The van der Waals surface area contributed by atoms with Crippen molar-refractivity contribution >= 4 is 11.9 Å². The van der Waals surface area contributed by atoms with Gasteiger partial charge in [-0.15, -0.1) is 0 Å². The first kappa shape index (κ1) is 13.0. The van der Waals surface area contributed by atoms with Crippen molar-refractivity contribution in [2.45, 2.75) is 12.7 Å². The summed E-state index contributed by atoms with van der Waals surface area (Å²) < 4.78 is 0. The summed E-state index contributed by atoms with van der Waals surface area (Å²) in [6, 6.07) is 4.82. The second-order valence-electron chi connectivity index (χ2n) is 3.99. The summed E-state index contributed by atoms with van der Waals surface area (Å²) in [5.41, 5.74) is 11.7. The van der Waals surface area contributed by atoms with E-state index in [4.69, 9.17) is 11.5 Å². The quantitative estimate of drug-likeness (QED) is 0.377. The lowest BCUT2D eigenvalue weighted by molar-refractivity contribution is 0.399. The van der Waals surface area contributed by atoms with Gasteiger partial charge in [-0.3, -0.25) is 11.1 Å². The van der Waals surface area contributed by atoms with Crippen molar-refractivity contribution in [3.63, 3.8) is 0 Å². The van der Waals surface area contributed by atoms with Gasteiger partial charge in [-0.05, 0) is 18.1 Å². The summed E-state index contributed by atoms with van der Waals surface area (Å²) in [7, 11) is 0. The first-order chi connectivity index (χ1) is 9.06. The molecule has 1 unspecified atom stereocenters. The number of hydrogen-bond donors (Lipinski definition) is 6. The van der Waals surface area contributed by atoms with Gasteiger partial charge in [0.25, 0.3) is 0 Å². The molecule has 0 saturated heterocycles. The molecule has 1 aromatic carbocycles. The lowest BCUT2D eigenvalue weighted by Gasteiger charge is -2.17. The van der Waals surface area contributed by atoms with E-state index >= 15 is 0 Å². The Morgan fingerprint density at radius 2 is 2.11 bits per heavy atom. The van der Waals surface area contributed by atoms with Crippen LogP contribution in [-0.2, 0) is 6.42 Å². The van der Waals surface area contributed by atoms with E-state index < -0.39 is 6.29 Å². The number of rotatable bonds is 3. The molecule has 1 heterocycles. The average Bonchev–Trinajstić information content (AvgIpc) is 2.33. The van der Waals surface area contributed by atoms with Crippen LogP contribution < -0.4 is 22.1 Å². The number of nitrogens with two attached hydrogens (primary N) is 2. The maximum absolute atomic E-state index is 9.64. The lowest BCUT2D eigenvalue weighted by atomic mass is 10.1. The second kappa shape index (κ2) is 5.44. The van der Waals surface area contributed by atoms with Gasteiger partial charge < -0.3 is 21.3 Å². The van der Waals surface area contributed by atoms with Gasteiger partial charge in [-0.2, -0.15) is 0 Å². The Balaban J connectivity index is 1.89. The van der Waals surface area contributed by atoms with E-state index in [2.05, 4.69) is 20.6 Å². The summed E-state index contributed by atoms with van der Waals surface area (Å²) in [5.74, 6) is 0.384. The third-order valence-corrected chi connectivity index (χ3v) is 2.56.